The number of carbonyl (C=O) groups is 1. The smallest absolute Gasteiger partial charge is 0.313 e. The summed E-state index contributed by atoms with van der Waals surface area (Å²) in [6, 6.07) is 1.56. The zero-order valence-corrected chi connectivity index (χ0v) is 11.3. The van der Waals surface area contributed by atoms with Crippen LogP contribution in [0.3, 0.4) is 0 Å². The molecule has 0 aliphatic carbocycles. The summed E-state index contributed by atoms with van der Waals surface area (Å²) >= 11 is 4.94. The van der Waals surface area contributed by atoms with Gasteiger partial charge in [-0.3, -0.25) is 4.79 Å². The molecule has 0 bridgehead atoms. The molecule has 1 heterocycles. The molecule has 0 aliphatic heterocycles. The van der Waals surface area contributed by atoms with E-state index in [9.17, 15) is 4.79 Å². The van der Waals surface area contributed by atoms with E-state index in [-0.39, 0.29) is 12.0 Å². The summed E-state index contributed by atoms with van der Waals surface area (Å²) in [7, 11) is 1.38. The van der Waals surface area contributed by atoms with Crippen LogP contribution in [0.15, 0.2) is 15.9 Å². The number of carbonyl (C=O) groups excluding carboxylic acids is 1. The molecule has 1 rings (SSSR count). The normalized spacial score (nSPS) is 13.7. The SMILES string of the molecule is COC(=O)C(C)(C)[C@H](N)c1sccc1Br. The van der Waals surface area contributed by atoms with E-state index in [1.165, 1.54) is 18.4 Å². The second-order valence-corrected chi connectivity index (χ2v) is 5.63. The highest BCUT2D eigenvalue weighted by atomic mass is 79.9. The van der Waals surface area contributed by atoms with Crippen LogP contribution < -0.4 is 5.73 Å². The Hall–Kier alpha value is -0.390. The van der Waals surface area contributed by atoms with Crippen LogP contribution in [0, 0.1) is 5.41 Å². The molecule has 0 fully saturated rings. The largest absolute Gasteiger partial charge is 0.469 e. The van der Waals surface area contributed by atoms with E-state index in [2.05, 4.69) is 15.9 Å². The highest BCUT2D eigenvalue weighted by molar-refractivity contribution is 9.10. The first-order valence-electron chi connectivity index (χ1n) is 4.48. The van der Waals surface area contributed by atoms with Crippen LogP contribution in [0.2, 0.25) is 0 Å². The molecule has 1 aromatic heterocycles. The van der Waals surface area contributed by atoms with Gasteiger partial charge in [0.1, 0.15) is 0 Å². The summed E-state index contributed by atoms with van der Waals surface area (Å²) < 4.78 is 5.69. The minimum absolute atomic E-state index is 0.296. The maximum Gasteiger partial charge on any atom is 0.313 e. The highest BCUT2D eigenvalue weighted by Gasteiger charge is 2.37. The minimum atomic E-state index is -0.720. The van der Waals surface area contributed by atoms with Gasteiger partial charge in [-0.25, -0.2) is 0 Å². The highest BCUT2D eigenvalue weighted by Crippen LogP contribution is 2.38. The van der Waals surface area contributed by atoms with Crippen molar-refractivity contribution in [3.8, 4) is 0 Å². The van der Waals surface area contributed by atoms with Crippen LogP contribution in [0.4, 0.5) is 0 Å². The van der Waals surface area contributed by atoms with Crippen molar-refractivity contribution in [2.75, 3.05) is 7.11 Å². The molecule has 1 atom stereocenters. The van der Waals surface area contributed by atoms with Gasteiger partial charge in [-0.15, -0.1) is 11.3 Å². The van der Waals surface area contributed by atoms with Crippen molar-refractivity contribution in [1.82, 2.24) is 0 Å². The van der Waals surface area contributed by atoms with E-state index in [4.69, 9.17) is 10.5 Å². The van der Waals surface area contributed by atoms with Gasteiger partial charge in [-0.05, 0) is 41.2 Å². The third-order valence-electron chi connectivity index (χ3n) is 2.42. The second-order valence-electron chi connectivity index (χ2n) is 3.82. The van der Waals surface area contributed by atoms with Crippen molar-refractivity contribution in [1.29, 1.82) is 0 Å². The fourth-order valence-electron chi connectivity index (χ4n) is 1.25. The topological polar surface area (TPSA) is 52.3 Å². The second kappa shape index (κ2) is 4.63. The quantitative estimate of drug-likeness (QED) is 0.871. The monoisotopic (exact) mass is 291 g/mol. The van der Waals surface area contributed by atoms with Crippen LogP contribution in [-0.2, 0) is 9.53 Å². The van der Waals surface area contributed by atoms with E-state index in [1.807, 2.05) is 11.4 Å². The Morgan fingerprint density at radius 3 is 2.67 bits per heavy atom. The zero-order valence-electron chi connectivity index (χ0n) is 8.91. The van der Waals surface area contributed by atoms with Gasteiger partial charge < -0.3 is 10.5 Å². The number of hydrogen-bond donors (Lipinski definition) is 1. The Balaban J connectivity index is 2.99. The van der Waals surface area contributed by atoms with Crippen molar-refractivity contribution in [3.63, 3.8) is 0 Å². The van der Waals surface area contributed by atoms with Crippen molar-refractivity contribution in [2.24, 2.45) is 11.1 Å². The first-order chi connectivity index (χ1) is 6.91. The van der Waals surface area contributed by atoms with E-state index >= 15 is 0 Å². The van der Waals surface area contributed by atoms with Crippen LogP contribution in [0.5, 0.6) is 0 Å². The molecule has 2 N–H and O–H groups in total. The molecule has 5 heteroatoms. The maximum absolute atomic E-state index is 11.6. The van der Waals surface area contributed by atoms with E-state index in [1.54, 1.807) is 13.8 Å². The van der Waals surface area contributed by atoms with Crippen molar-refractivity contribution >= 4 is 33.2 Å². The molecule has 0 radical (unpaired) electrons. The lowest BCUT2D eigenvalue weighted by Crippen LogP contribution is -2.37. The first-order valence-corrected chi connectivity index (χ1v) is 6.15. The van der Waals surface area contributed by atoms with Crippen LogP contribution >= 0.6 is 27.3 Å². The Labute approximate surface area is 102 Å². The van der Waals surface area contributed by atoms with Gasteiger partial charge in [-0.1, -0.05) is 0 Å². The van der Waals surface area contributed by atoms with E-state index in [0.717, 1.165) is 9.35 Å². The Morgan fingerprint density at radius 1 is 1.67 bits per heavy atom. The first kappa shape index (κ1) is 12.7. The lowest BCUT2D eigenvalue weighted by atomic mass is 9.84. The standard InChI is InChI=1S/C10H14BrNO2S/c1-10(2,9(13)14-3)8(12)7-6(11)4-5-15-7/h4-5,8H,12H2,1-3H3/t8-/m1/s1. The molecule has 0 spiro atoms. The Kier molecular flexibility index (Phi) is 3.92. The number of rotatable bonds is 3. The molecular formula is C10H14BrNO2S. The third kappa shape index (κ3) is 2.41. The number of halogens is 1. The zero-order chi connectivity index (χ0) is 11.6. The molecule has 1 aromatic rings. The summed E-state index contributed by atoms with van der Waals surface area (Å²) in [5.41, 5.74) is 5.35. The molecule has 0 saturated heterocycles. The van der Waals surface area contributed by atoms with Gasteiger partial charge >= 0.3 is 5.97 Å². The summed E-state index contributed by atoms with van der Waals surface area (Å²) in [6.45, 7) is 3.57. The van der Waals surface area contributed by atoms with E-state index < -0.39 is 5.41 Å². The predicted molar refractivity (Wildman–Crippen MR) is 64.7 cm³/mol. The van der Waals surface area contributed by atoms with Crippen LogP contribution in [-0.4, -0.2) is 13.1 Å². The van der Waals surface area contributed by atoms with Crippen LogP contribution in [0.1, 0.15) is 24.8 Å². The molecule has 3 nitrogen and oxygen atoms in total. The van der Waals surface area contributed by atoms with Crippen molar-refractivity contribution < 1.29 is 9.53 Å². The van der Waals surface area contributed by atoms with Gasteiger partial charge in [0.15, 0.2) is 0 Å². The average Bonchev–Trinajstić information content (AvgIpc) is 2.61. The molecular weight excluding hydrogens is 278 g/mol. The number of nitrogens with two attached hydrogens (primary N) is 1. The molecule has 0 amide bonds. The average molecular weight is 292 g/mol. The summed E-state index contributed by atoms with van der Waals surface area (Å²) in [5, 5.41) is 1.94. The lowest BCUT2D eigenvalue weighted by molar-refractivity contribution is -0.152. The minimum Gasteiger partial charge on any atom is -0.469 e. The van der Waals surface area contributed by atoms with Crippen molar-refractivity contribution in [2.45, 2.75) is 19.9 Å². The molecule has 0 saturated carbocycles. The summed E-state index contributed by atoms with van der Waals surface area (Å²) in [4.78, 5) is 12.5. The summed E-state index contributed by atoms with van der Waals surface area (Å²) in [6.07, 6.45) is 0. The Morgan fingerprint density at radius 2 is 2.27 bits per heavy atom. The summed E-state index contributed by atoms with van der Waals surface area (Å²) in [5.74, 6) is -0.296. The lowest BCUT2D eigenvalue weighted by Gasteiger charge is -2.28. The van der Waals surface area contributed by atoms with Crippen molar-refractivity contribution in [3.05, 3.63) is 20.8 Å². The molecule has 15 heavy (non-hydrogen) atoms. The third-order valence-corrected chi connectivity index (χ3v) is 4.37. The number of esters is 1. The number of thiophene rings is 1. The fourth-order valence-corrected chi connectivity index (χ4v) is 3.05. The predicted octanol–water partition coefficient (Wildman–Crippen LogP) is 2.71. The van der Waals surface area contributed by atoms with Crippen LogP contribution in [0.25, 0.3) is 0 Å². The van der Waals surface area contributed by atoms with Gasteiger partial charge in [0.05, 0.1) is 18.6 Å². The fraction of sp³-hybridized carbons (Fsp3) is 0.500. The molecule has 0 unspecified atom stereocenters. The molecule has 84 valence electrons. The molecule has 0 aliphatic rings. The van der Waals surface area contributed by atoms with Gasteiger partial charge in [-0.2, -0.15) is 0 Å². The number of methoxy groups -OCH3 is 1. The number of hydrogen-bond acceptors (Lipinski definition) is 4. The number of ether oxygens (including phenoxy) is 1. The molecule has 0 aromatic carbocycles. The van der Waals surface area contributed by atoms with Gasteiger partial charge in [0.25, 0.3) is 0 Å². The van der Waals surface area contributed by atoms with Gasteiger partial charge in [0, 0.05) is 9.35 Å². The van der Waals surface area contributed by atoms with Gasteiger partial charge in [0.2, 0.25) is 0 Å². The van der Waals surface area contributed by atoms with E-state index in [0.29, 0.717) is 0 Å². The maximum atomic E-state index is 11.6. The Bertz CT molecular complexity index is 362.